The lowest BCUT2D eigenvalue weighted by Crippen LogP contribution is -1.91. The normalized spacial score (nSPS) is 9.56. The predicted octanol–water partition coefficient (Wildman–Crippen LogP) is 4.23. The van der Waals surface area contributed by atoms with E-state index < -0.39 is 0 Å². The fourth-order valence-electron chi connectivity index (χ4n) is 2.25. The number of hydrogen-bond acceptors (Lipinski definition) is 5. The lowest BCUT2D eigenvalue weighted by molar-refractivity contribution is 0.112. The molecule has 132 valence electrons. The number of aromatic nitrogens is 1. The number of phenolic OH excluding ortho intramolecular Hbond substituents is 1. The minimum absolute atomic E-state index is 0. The highest BCUT2D eigenvalue weighted by molar-refractivity contribution is 8.93. The molecule has 0 unspecified atom stereocenters. The number of phenols is 1. The van der Waals surface area contributed by atoms with Gasteiger partial charge in [-0.1, -0.05) is 12.1 Å². The zero-order valence-corrected chi connectivity index (χ0v) is 16.0. The van der Waals surface area contributed by atoms with Crippen molar-refractivity contribution in [2.24, 2.45) is 0 Å². The van der Waals surface area contributed by atoms with Crippen LogP contribution in [0.3, 0.4) is 0 Å². The van der Waals surface area contributed by atoms with Crippen molar-refractivity contribution in [2.75, 3.05) is 12.8 Å². The van der Waals surface area contributed by atoms with Crippen LogP contribution in [0.15, 0.2) is 42.6 Å². The second-order valence-electron chi connectivity index (χ2n) is 5.40. The van der Waals surface area contributed by atoms with Crippen LogP contribution in [0.2, 0.25) is 0 Å². The topological polar surface area (TPSA) is 85.4 Å². The number of nitrogens with two attached hydrogens (primary N) is 1. The van der Waals surface area contributed by atoms with E-state index >= 15 is 0 Å². The number of fused-ring (bicyclic) bond motifs is 1. The number of halogens is 1. The molecule has 2 aromatic carbocycles. The SMILES string of the molecule is Br.COc1cc(C=O)ccc1C.Cc1cc2c(N)nccc2cc1O. The van der Waals surface area contributed by atoms with Gasteiger partial charge in [-0.25, -0.2) is 4.98 Å². The molecule has 1 heterocycles. The van der Waals surface area contributed by atoms with Crippen molar-refractivity contribution in [1.29, 1.82) is 0 Å². The highest BCUT2D eigenvalue weighted by Gasteiger charge is 2.02. The fraction of sp³-hybridized carbons (Fsp3) is 0.158. The molecule has 0 aliphatic rings. The molecule has 5 nitrogen and oxygen atoms in total. The maximum absolute atomic E-state index is 10.3. The van der Waals surface area contributed by atoms with E-state index in [0.717, 1.165) is 33.9 Å². The molecule has 3 N–H and O–H groups in total. The third-order valence-electron chi connectivity index (χ3n) is 3.68. The molecule has 0 saturated carbocycles. The number of carbonyl (C=O) groups is 1. The number of rotatable bonds is 2. The number of ether oxygens (including phenoxy) is 1. The van der Waals surface area contributed by atoms with Crippen LogP contribution in [0, 0.1) is 13.8 Å². The molecule has 0 radical (unpaired) electrons. The molecule has 0 aliphatic carbocycles. The highest BCUT2D eigenvalue weighted by Crippen LogP contribution is 2.26. The van der Waals surface area contributed by atoms with Crippen LogP contribution in [-0.4, -0.2) is 23.5 Å². The van der Waals surface area contributed by atoms with Crippen LogP contribution in [-0.2, 0) is 0 Å². The number of aryl methyl sites for hydroxylation is 2. The van der Waals surface area contributed by atoms with Crippen molar-refractivity contribution < 1.29 is 14.6 Å². The summed E-state index contributed by atoms with van der Waals surface area (Å²) in [7, 11) is 1.59. The smallest absolute Gasteiger partial charge is 0.150 e. The summed E-state index contributed by atoms with van der Waals surface area (Å²) in [5.74, 6) is 1.55. The molecule has 0 saturated heterocycles. The van der Waals surface area contributed by atoms with Gasteiger partial charge in [-0.3, -0.25) is 4.79 Å². The molecule has 3 aromatic rings. The molecule has 0 fully saturated rings. The largest absolute Gasteiger partial charge is 0.508 e. The van der Waals surface area contributed by atoms with Crippen LogP contribution >= 0.6 is 17.0 Å². The molecule has 0 atom stereocenters. The Labute approximate surface area is 157 Å². The maximum Gasteiger partial charge on any atom is 0.150 e. The van der Waals surface area contributed by atoms with E-state index in [1.54, 1.807) is 31.5 Å². The molecule has 25 heavy (non-hydrogen) atoms. The summed E-state index contributed by atoms with van der Waals surface area (Å²) in [6.07, 6.45) is 2.44. The molecule has 1 aromatic heterocycles. The summed E-state index contributed by atoms with van der Waals surface area (Å²) < 4.78 is 5.03. The molecule has 3 rings (SSSR count). The predicted molar refractivity (Wildman–Crippen MR) is 106 cm³/mol. The van der Waals surface area contributed by atoms with E-state index in [1.807, 2.05) is 32.0 Å². The highest BCUT2D eigenvalue weighted by atomic mass is 79.9. The Balaban J connectivity index is 0.000000244. The number of aldehydes is 1. The van der Waals surface area contributed by atoms with Gasteiger partial charge in [-0.15, -0.1) is 17.0 Å². The minimum atomic E-state index is 0. The van der Waals surface area contributed by atoms with Crippen molar-refractivity contribution >= 4 is 39.9 Å². The molecule has 0 bridgehead atoms. The molecular formula is C19H21BrN2O3. The number of carbonyl (C=O) groups excluding carboxylic acids is 1. The average molecular weight is 405 g/mol. The number of hydrogen-bond donors (Lipinski definition) is 2. The summed E-state index contributed by atoms with van der Waals surface area (Å²) in [6.45, 7) is 3.77. The van der Waals surface area contributed by atoms with Crippen LogP contribution in [0.4, 0.5) is 5.82 Å². The number of nitrogens with zero attached hydrogens (tertiary/aromatic N) is 1. The third kappa shape index (κ3) is 4.93. The number of benzene rings is 2. The number of methoxy groups -OCH3 is 1. The van der Waals surface area contributed by atoms with E-state index in [1.165, 1.54) is 0 Å². The zero-order chi connectivity index (χ0) is 17.7. The zero-order valence-electron chi connectivity index (χ0n) is 14.3. The Morgan fingerprint density at radius 2 is 1.84 bits per heavy atom. The monoisotopic (exact) mass is 404 g/mol. The van der Waals surface area contributed by atoms with Gasteiger partial charge < -0.3 is 15.6 Å². The molecule has 0 amide bonds. The summed E-state index contributed by atoms with van der Waals surface area (Å²) in [5.41, 5.74) is 8.18. The van der Waals surface area contributed by atoms with Crippen molar-refractivity contribution in [2.45, 2.75) is 13.8 Å². The minimum Gasteiger partial charge on any atom is -0.508 e. The maximum atomic E-state index is 10.3. The van der Waals surface area contributed by atoms with Crippen LogP contribution in [0.5, 0.6) is 11.5 Å². The Hall–Kier alpha value is -2.60. The van der Waals surface area contributed by atoms with E-state index in [2.05, 4.69) is 4.98 Å². The van der Waals surface area contributed by atoms with Crippen LogP contribution in [0.1, 0.15) is 21.5 Å². The van der Waals surface area contributed by atoms with E-state index in [4.69, 9.17) is 10.5 Å². The first kappa shape index (κ1) is 20.4. The summed E-state index contributed by atoms with van der Waals surface area (Å²) in [4.78, 5) is 14.3. The molecular weight excluding hydrogens is 384 g/mol. The quantitative estimate of drug-likeness (QED) is 0.624. The Morgan fingerprint density at radius 1 is 1.12 bits per heavy atom. The summed E-state index contributed by atoms with van der Waals surface area (Å²) >= 11 is 0. The van der Waals surface area contributed by atoms with Crippen LogP contribution in [0.25, 0.3) is 10.8 Å². The van der Waals surface area contributed by atoms with Crippen molar-refractivity contribution in [3.8, 4) is 11.5 Å². The summed E-state index contributed by atoms with van der Waals surface area (Å²) in [6, 6.07) is 10.7. The fourth-order valence-corrected chi connectivity index (χ4v) is 2.25. The lowest BCUT2D eigenvalue weighted by Gasteiger charge is -2.03. The first-order valence-electron chi connectivity index (χ1n) is 7.40. The van der Waals surface area contributed by atoms with Crippen molar-refractivity contribution in [3.05, 3.63) is 59.3 Å². The number of nitrogen functional groups attached to an aromatic ring is 1. The molecule has 0 aliphatic heterocycles. The van der Waals surface area contributed by atoms with Crippen molar-refractivity contribution in [1.82, 2.24) is 4.98 Å². The van der Waals surface area contributed by atoms with Gasteiger partial charge in [0.2, 0.25) is 0 Å². The van der Waals surface area contributed by atoms with Gasteiger partial charge in [0, 0.05) is 17.1 Å². The second-order valence-corrected chi connectivity index (χ2v) is 5.40. The Kier molecular flexibility index (Phi) is 7.39. The molecule has 0 spiro atoms. The Bertz CT molecular complexity index is 882. The van der Waals surface area contributed by atoms with E-state index in [-0.39, 0.29) is 22.7 Å². The average Bonchev–Trinajstić information content (AvgIpc) is 2.58. The summed E-state index contributed by atoms with van der Waals surface area (Å²) in [5, 5.41) is 11.2. The van der Waals surface area contributed by atoms with Crippen LogP contribution < -0.4 is 10.5 Å². The third-order valence-corrected chi connectivity index (χ3v) is 3.68. The first-order chi connectivity index (χ1) is 11.5. The van der Waals surface area contributed by atoms with Gasteiger partial charge in [0.25, 0.3) is 0 Å². The number of pyridine rings is 1. The van der Waals surface area contributed by atoms with Gasteiger partial charge in [-0.2, -0.15) is 0 Å². The molecule has 6 heteroatoms. The number of anilines is 1. The van der Waals surface area contributed by atoms with E-state index in [9.17, 15) is 9.90 Å². The first-order valence-corrected chi connectivity index (χ1v) is 7.40. The van der Waals surface area contributed by atoms with Gasteiger partial charge in [0.1, 0.15) is 23.6 Å². The Morgan fingerprint density at radius 3 is 2.48 bits per heavy atom. The second kappa shape index (κ2) is 9.03. The van der Waals surface area contributed by atoms with Gasteiger partial charge >= 0.3 is 0 Å². The van der Waals surface area contributed by atoms with Crippen molar-refractivity contribution in [3.63, 3.8) is 0 Å². The van der Waals surface area contributed by atoms with Gasteiger partial charge in [0.05, 0.1) is 7.11 Å². The lowest BCUT2D eigenvalue weighted by atomic mass is 10.1. The number of aromatic hydroxyl groups is 1. The standard InChI is InChI=1S/C10H10N2O.C9H10O2.BrH/c1-6-4-8-7(5-9(6)13)2-3-12-10(8)11;1-7-3-4-8(6-10)5-9(7)11-2;/h2-5,13H,1H3,(H2,11,12);3-6H,1-2H3;1H. The van der Waals surface area contributed by atoms with Gasteiger partial charge in [-0.05, 0) is 54.6 Å². The van der Waals surface area contributed by atoms with Gasteiger partial charge in [0.15, 0.2) is 0 Å². The van der Waals surface area contributed by atoms with E-state index in [0.29, 0.717) is 11.4 Å².